The third kappa shape index (κ3) is 2.80. The lowest BCUT2D eigenvalue weighted by atomic mass is 9.85. The third-order valence-electron chi connectivity index (χ3n) is 4.27. The highest BCUT2D eigenvalue weighted by Crippen LogP contribution is 2.39. The molecule has 0 bridgehead atoms. The molecule has 4 nitrogen and oxygen atoms in total. The van der Waals surface area contributed by atoms with Crippen LogP contribution in [0.5, 0.6) is 0 Å². The van der Waals surface area contributed by atoms with Crippen LogP contribution in [-0.4, -0.2) is 48.3 Å². The first kappa shape index (κ1) is 12.8. The van der Waals surface area contributed by atoms with E-state index in [-0.39, 0.29) is 6.04 Å². The number of likely N-dealkylation sites (tertiary alicyclic amines) is 1. The summed E-state index contributed by atoms with van der Waals surface area (Å²) < 4.78 is 5.06. The molecule has 0 aromatic carbocycles. The van der Waals surface area contributed by atoms with Crippen molar-refractivity contribution in [1.82, 2.24) is 4.90 Å². The summed E-state index contributed by atoms with van der Waals surface area (Å²) in [6.07, 6.45) is 6.72. The Bertz CT molecular complexity index is 269. The number of methoxy groups -OCH3 is 1. The Hall–Kier alpha value is -0.610. The summed E-state index contributed by atoms with van der Waals surface area (Å²) in [5, 5.41) is 9.31. The highest BCUT2D eigenvalue weighted by atomic mass is 16.5. The Morgan fingerprint density at radius 1 is 1.41 bits per heavy atom. The zero-order valence-electron chi connectivity index (χ0n) is 10.6. The van der Waals surface area contributed by atoms with Gasteiger partial charge in [0, 0.05) is 26.3 Å². The molecule has 3 atom stereocenters. The van der Waals surface area contributed by atoms with Gasteiger partial charge in [-0.2, -0.15) is 0 Å². The van der Waals surface area contributed by atoms with Crippen molar-refractivity contribution in [2.75, 3.05) is 20.3 Å². The van der Waals surface area contributed by atoms with Gasteiger partial charge >= 0.3 is 5.97 Å². The zero-order chi connectivity index (χ0) is 12.3. The molecule has 1 aliphatic carbocycles. The molecule has 2 aliphatic rings. The molecule has 0 spiro atoms. The molecule has 0 radical (unpaired) electrons. The molecule has 2 fully saturated rings. The maximum Gasteiger partial charge on any atom is 0.320 e. The van der Waals surface area contributed by atoms with Crippen LogP contribution in [0.1, 0.15) is 38.5 Å². The van der Waals surface area contributed by atoms with Gasteiger partial charge in [0.15, 0.2) is 0 Å². The van der Waals surface area contributed by atoms with E-state index in [1.54, 1.807) is 7.11 Å². The predicted molar refractivity (Wildman–Crippen MR) is 65.0 cm³/mol. The smallest absolute Gasteiger partial charge is 0.320 e. The molecule has 4 heteroatoms. The average molecular weight is 241 g/mol. The first-order chi connectivity index (χ1) is 8.24. The number of nitrogens with zero attached hydrogens (tertiary/aromatic N) is 1. The maximum atomic E-state index is 11.3. The van der Waals surface area contributed by atoms with E-state index in [0.717, 1.165) is 26.0 Å². The van der Waals surface area contributed by atoms with E-state index in [0.29, 0.717) is 12.0 Å². The lowest BCUT2D eigenvalue weighted by Gasteiger charge is -2.32. The van der Waals surface area contributed by atoms with E-state index in [1.165, 1.54) is 25.7 Å². The number of fused-ring (bicyclic) bond motifs is 1. The molecule has 0 aromatic rings. The summed E-state index contributed by atoms with van der Waals surface area (Å²) in [4.78, 5) is 13.5. The highest BCUT2D eigenvalue weighted by molar-refractivity contribution is 5.74. The molecule has 1 heterocycles. The van der Waals surface area contributed by atoms with Gasteiger partial charge in [-0.1, -0.05) is 12.8 Å². The Balaban J connectivity index is 1.98. The summed E-state index contributed by atoms with van der Waals surface area (Å²) in [6, 6.07) is 0.265. The van der Waals surface area contributed by atoms with E-state index in [4.69, 9.17) is 4.74 Å². The summed E-state index contributed by atoms with van der Waals surface area (Å²) in [5.41, 5.74) is 0. The SMILES string of the molecule is COCCCN1C(C(=O)O)CC2CCCCC21. The van der Waals surface area contributed by atoms with Crippen LogP contribution in [0.25, 0.3) is 0 Å². The van der Waals surface area contributed by atoms with Crippen molar-refractivity contribution < 1.29 is 14.6 Å². The summed E-state index contributed by atoms with van der Waals surface area (Å²) >= 11 is 0. The number of carboxylic acids is 1. The van der Waals surface area contributed by atoms with Crippen molar-refractivity contribution in [3.8, 4) is 0 Å². The second-order valence-corrected chi connectivity index (χ2v) is 5.29. The first-order valence-electron chi connectivity index (χ1n) is 6.71. The molecule has 0 amide bonds. The van der Waals surface area contributed by atoms with Crippen LogP contribution in [0.3, 0.4) is 0 Å². The maximum absolute atomic E-state index is 11.3. The number of hydrogen-bond donors (Lipinski definition) is 1. The van der Waals surface area contributed by atoms with Crippen molar-refractivity contribution in [2.24, 2.45) is 5.92 Å². The minimum atomic E-state index is -0.642. The fraction of sp³-hybridized carbons (Fsp3) is 0.923. The molecule has 1 saturated heterocycles. The Morgan fingerprint density at radius 3 is 2.88 bits per heavy atom. The average Bonchev–Trinajstić information content (AvgIpc) is 2.69. The lowest BCUT2D eigenvalue weighted by Crippen LogP contribution is -2.43. The van der Waals surface area contributed by atoms with Crippen molar-refractivity contribution >= 4 is 5.97 Å². The highest BCUT2D eigenvalue weighted by Gasteiger charge is 2.44. The normalized spacial score (nSPS) is 33.6. The Kier molecular flexibility index (Phi) is 4.40. The third-order valence-corrected chi connectivity index (χ3v) is 4.27. The van der Waals surface area contributed by atoms with E-state index in [2.05, 4.69) is 4.90 Å². The van der Waals surface area contributed by atoms with Gasteiger partial charge in [-0.15, -0.1) is 0 Å². The molecular formula is C13H23NO3. The number of rotatable bonds is 5. The largest absolute Gasteiger partial charge is 0.480 e. The molecule has 3 unspecified atom stereocenters. The van der Waals surface area contributed by atoms with E-state index in [1.807, 2.05) is 0 Å². The topological polar surface area (TPSA) is 49.8 Å². The number of ether oxygens (including phenoxy) is 1. The fourth-order valence-electron chi connectivity index (χ4n) is 3.51. The van der Waals surface area contributed by atoms with Gasteiger partial charge < -0.3 is 9.84 Å². The fourth-order valence-corrected chi connectivity index (χ4v) is 3.51. The van der Waals surface area contributed by atoms with Gasteiger partial charge in [-0.05, 0) is 31.6 Å². The lowest BCUT2D eigenvalue weighted by molar-refractivity contribution is -0.142. The molecule has 1 N–H and O–H groups in total. The van der Waals surface area contributed by atoms with Crippen LogP contribution in [0, 0.1) is 5.92 Å². The van der Waals surface area contributed by atoms with Crippen LogP contribution in [0.15, 0.2) is 0 Å². The minimum Gasteiger partial charge on any atom is -0.480 e. The molecule has 0 aromatic heterocycles. The summed E-state index contributed by atoms with van der Waals surface area (Å²) in [6.45, 7) is 1.59. The zero-order valence-corrected chi connectivity index (χ0v) is 10.6. The van der Waals surface area contributed by atoms with Gasteiger partial charge in [-0.25, -0.2) is 0 Å². The van der Waals surface area contributed by atoms with Crippen molar-refractivity contribution in [2.45, 2.75) is 50.6 Å². The van der Waals surface area contributed by atoms with Gasteiger partial charge in [0.1, 0.15) is 6.04 Å². The van der Waals surface area contributed by atoms with Crippen LogP contribution in [-0.2, 0) is 9.53 Å². The first-order valence-corrected chi connectivity index (χ1v) is 6.71. The second-order valence-electron chi connectivity index (χ2n) is 5.29. The molecular weight excluding hydrogens is 218 g/mol. The van der Waals surface area contributed by atoms with Crippen LogP contribution in [0.4, 0.5) is 0 Å². The van der Waals surface area contributed by atoms with E-state index >= 15 is 0 Å². The monoisotopic (exact) mass is 241 g/mol. The van der Waals surface area contributed by atoms with Crippen molar-refractivity contribution in [3.63, 3.8) is 0 Å². The van der Waals surface area contributed by atoms with Crippen molar-refractivity contribution in [1.29, 1.82) is 0 Å². The van der Waals surface area contributed by atoms with Crippen LogP contribution < -0.4 is 0 Å². The molecule has 98 valence electrons. The van der Waals surface area contributed by atoms with Gasteiger partial charge in [0.05, 0.1) is 0 Å². The number of aliphatic carboxylic acids is 1. The number of carboxylic acid groups (broad SMARTS) is 1. The molecule has 2 rings (SSSR count). The summed E-state index contributed by atoms with van der Waals surface area (Å²) in [5.74, 6) is -0.0239. The molecule has 17 heavy (non-hydrogen) atoms. The van der Waals surface area contributed by atoms with Crippen LogP contribution in [0.2, 0.25) is 0 Å². The molecule has 1 saturated carbocycles. The summed E-state index contributed by atoms with van der Waals surface area (Å²) in [7, 11) is 1.70. The molecule has 1 aliphatic heterocycles. The Labute approximate surface area is 103 Å². The number of hydrogen-bond acceptors (Lipinski definition) is 3. The number of carbonyl (C=O) groups is 1. The second kappa shape index (κ2) is 5.83. The minimum absolute atomic E-state index is 0.250. The van der Waals surface area contributed by atoms with E-state index < -0.39 is 5.97 Å². The van der Waals surface area contributed by atoms with Gasteiger partial charge in [0.25, 0.3) is 0 Å². The van der Waals surface area contributed by atoms with Gasteiger partial charge in [-0.3, -0.25) is 9.69 Å². The quantitative estimate of drug-likeness (QED) is 0.745. The standard InChI is InChI=1S/C13H23NO3/c1-17-8-4-7-14-11-6-3-2-5-10(11)9-12(14)13(15)16/h10-12H,2-9H2,1H3,(H,15,16). The Morgan fingerprint density at radius 2 is 2.18 bits per heavy atom. The van der Waals surface area contributed by atoms with E-state index in [9.17, 15) is 9.90 Å². The van der Waals surface area contributed by atoms with Crippen LogP contribution >= 0.6 is 0 Å². The predicted octanol–water partition coefficient (Wildman–Crippen LogP) is 1.74. The van der Waals surface area contributed by atoms with Crippen molar-refractivity contribution in [3.05, 3.63) is 0 Å². The van der Waals surface area contributed by atoms with Gasteiger partial charge in [0.2, 0.25) is 0 Å².